The lowest BCUT2D eigenvalue weighted by Gasteiger charge is -2.37. The summed E-state index contributed by atoms with van der Waals surface area (Å²) < 4.78 is 51.1. The van der Waals surface area contributed by atoms with Crippen molar-refractivity contribution in [1.82, 2.24) is 4.90 Å². The topological polar surface area (TPSA) is 40.5 Å². The van der Waals surface area contributed by atoms with Crippen molar-refractivity contribution in [3.05, 3.63) is 35.1 Å². The highest BCUT2D eigenvalue weighted by Crippen LogP contribution is 2.33. The minimum absolute atomic E-state index is 0.0289. The van der Waals surface area contributed by atoms with Crippen LogP contribution < -0.4 is 0 Å². The molecule has 19 heavy (non-hydrogen) atoms. The predicted molar refractivity (Wildman–Crippen MR) is 57.8 cm³/mol. The summed E-state index contributed by atoms with van der Waals surface area (Å²) in [7, 11) is 0. The van der Waals surface area contributed by atoms with Crippen LogP contribution in [0.15, 0.2) is 18.2 Å². The Balaban J connectivity index is 2.11. The van der Waals surface area contributed by atoms with Crippen LogP contribution in [0.3, 0.4) is 0 Å². The number of carbonyl (C=O) groups is 1. The molecule has 7 heteroatoms. The molecule has 1 heterocycles. The maximum atomic E-state index is 12.9. The molecule has 1 fully saturated rings. The molecule has 0 amide bonds. The molecule has 0 atom stereocenters. The summed E-state index contributed by atoms with van der Waals surface area (Å²) in [5.74, 6) is -2.43. The van der Waals surface area contributed by atoms with Crippen LogP contribution in [0.1, 0.15) is 11.1 Å². The number of carboxylic acids is 1. The van der Waals surface area contributed by atoms with E-state index in [4.69, 9.17) is 5.11 Å². The fraction of sp³-hybridized carbons (Fsp3) is 0.417. The van der Waals surface area contributed by atoms with Gasteiger partial charge in [0, 0.05) is 19.6 Å². The Morgan fingerprint density at radius 3 is 2.53 bits per heavy atom. The number of alkyl halides is 3. The van der Waals surface area contributed by atoms with Crippen LogP contribution >= 0.6 is 0 Å². The van der Waals surface area contributed by atoms with Gasteiger partial charge in [0.05, 0.1) is 11.5 Å². The molecule has 1 aliphatic rings. The monoisotopic (exact) mass is 277 g/mol. The molecule has 0 bridgehead atoms. The van der Waals surface area contributed by atoms with Crippen molar-refractivity contribution in [2.75, 3.05) is 13.1 Å². The zero-order valence-corrected chi connectivity index (χ0v) is 9.75. The fourth-order valence-electron chi connectivity index (χ4n) is 2.05. The number of hydrogen-bond acceptors (Lipinski definition) is 2. The largest absolute Gasteiger partial charge is 0.481 e. The highest BCUT2D eigenvalue weighted by atomic mass is 19.4. The first kappa shape index (κ1) is 13.8. The maximum Gasteiger partial charge on any atom is 0.416 e. The Hall–Kier alpha value is -1.63. The zero-order chi connectivity index (χ0) is 14.2. The van der Waals surface area contributed by atoms with E-state index in [1.807, 2.05) is 0 Å². The zero-order valence-electron chi connectivity index (χ0n) is 9.75. The van der Waals surface area contributed by atoms with Crippen LogP contribution in [-0.2, 0) is 17.5 Å². The molecule has 1 N–H and O–H groups in total. The summed E-state index contributed by atoms with van der Waals surface area (Å²) in [6, 6.07) is 2.52. The number of rotatable bonds is 3. The number of hydrogen-bond donors (Lipinski definition) is 1. The Morgan fingerprint density at radius 1 is 1.37 bits per heavy atom. The van der Waals surface area contributed by atoms with Gasteiger partial charge in [-0.25, -0.2) is 4.39 Å². The van der Waals surface area contributed by atoms with E-state index < -0.39 is 29.4 Å². The summed E-state index contributed by atoms with van der Waals surface area (Å²) in [5.41, 5.74) is -1.05. The molecule has 1 aliphatic heterocycles. The SMILES string of the molecule is O=C(O)C1CN(Cc2ccc(F)cc2C(F)(F)F)C1. The van der Waals surface area contributed by atoms with Crippen LogP contribution in [0.2, 0.25) is 0 Å². The van der Waals surface area contributed by atoms with Crippen LogP contribution in [0.25, 0.3) is 0 Å². The molecule has 1 aromatic rings. The molecule has 2 rings (SSSR count). The van der Waals surface area contributed by atoms with E-state index >= 15 is 0 Å². The van der Waals surface area contributed by atoms with Crippen molar-refractivity contribution < 1.29 is 27.5 Å². The molecule has 1 saturated heterocycles. The van der Waals surface area contributed by atoms with E-state index in [9.17, 15) is 22.4 Å². The smallest absolute Gasteiger partial charge is 0.416 e. The summed E-state index contributed by atoms with van der Waals surface area (Å²) in [6.45, 7) is 0.396. The molecule has 1 aromatic carbocycles. The van der Waals surface area contributed by atoms with E-state index in [1.165, 1.54) is 0 Å². The minimum atomic E-state index is -4.62. The summed E-state index contributed by atoms with van der Waals surface area (Å²) in [5, 5.41) is 8.68. The normalized spacial score (nSPS) is 17.3. The summed E-state index contributed by atoms with van der Waals surface area (Å²) >= 11 is 0. The van der Waals surface area contributed by atoms with Crippen LogP contribution in [0, 0.1) is 11.7 Å². The summed E-state index contributed by atoms with van der Waals surface area (Å²) in [4.78, 5) is 12.2. The molecule has 0 saturated carbocycles. The third kappa shape index (κ3) is 3.04. The number of benzene rings is 1. The van der Waals surface area contributed by atoms with Gasteiger partial charge in [0.1, 0.15) is 5.82 Å². The molecule has 0 aromatic heterocycles. The van der Waals surface area contributed by atoms with Gasteiger partial charge in [0.15, 0.2) is 0 Å². The second kappa shape index (κ2) is 4.80. The first-order valence-corrected chi connectivity index (χ1v) is 5.58. The van der Waals surface area contributed by atoms with Gasteiger partial charge in [-0.05, 0) is 17.7 Å². The molecular weight excluding hydrogens is 266 g/mol. The molecule has 104 valence electrons. The number of nitrogens with zero attached hydrogens (tertiary/aromatic N) is 1. The van der Waals surface area contributed by atoms with E-state index in [2.05, 4.69) is 0 Å². The van der Waals surface area contributed by atoms with E-state index in [0.29, 0.717) is 6.07 Å². The van der Waals surface area contributed by atoms with Gasteiger partial charge >= 0.3 is 12.1 Å². The molecule has 0 unspecified atom stereocenters. The minimum Gasteiger partial charge on any atom is -0.481 e. The highest BCUT2D eigenvalue weighted by Gasteiger charge is 2.37. The predicted octanol–water partition coefficient (Wildman–Crippen LogP) is 2.36. The number of aliphatic carboxylic acids is 1. The second-order valence-corrected chi connectivity index (χ2v) is 4.53. The average Bonchev–Trinajstić information content (AvgIpc) is 2.22. The first-order valence-electron chi connectivity index (χ1n) is 5.58. The van der Waals surface area contributed by atoms with Gasteiger partial charge in [0.25, 0.3) is 0 Å². The molecule has 0 radical (unpaired) electrons. The Bertz CT molecular complexity index is 495. The van der Waals surface area contributed by atoms with Gasteiger partial charge in [-0.3, -0.25) is 9.69 Å². The fourth-order valence-corrected chi connectivity index (χ4v) is 2.05. The Labute approximate surface area is 106 Å². The maximum absolute atomic E-state index is 12.9. The number of carboxylic acid groups (broad SMARTS) is 1. The molecule has 0 spiro atoms. The standard InChI is InChI=1S/C12H11F4NO2/c13-9-2-1-7(10(3-9)12(14,15)16)4-17-5-8(6-17)11(18)19/h1-3,8H,4-6H2,(H,18,19). The quantitative estimate of drug-likeness (QED) is 0.862. The van der Waals surface area contributed by atoms with Crippen molar-refractivity contribution in [2.45, 2.75) is 12.7 Å². The van der Waals surface area contributed by atoms with Crippen molar-refractivity contribution in [2.24, 2.45) is 5.92 Å². The second-order valence-electron chi connectivity index (χ2n) is 4.53. The molecular formula is C12H11F4NO2. The van der Waals surface area contributed by atoms with Gasteiger partial charge in [0.2, 0.25) is 0 Å². The average molecular weight is 277 g/mol. The van der Waals surface area contributed by atoms with Crippen LogP contribution in [0.4, 0.5) is 17.6 Å². The van der Waals surface area contributed by atoms with Crippen molar-refractivity contribution in [1.29, 1.82) is 0 Å². The number of halogens is 4. The van der Waals surface area contributed by atoms with Gasteiger partial charge in [-0.2, -0.15) is 13.2 Å². The molecule has 3 nitrogen and oxygen atoms in total. The first-order chi connectivity index (χ1) is 8.77. The van der Waals surface area contributed by atoms with E-state index in [-0.39, 0.29) is 25.2 Å². The van der Waals surface area contributed by atoms with Crippen LogP contribution in [0.5, 0.6) is 0 Å². The lowest BCUT2D eigenvalue weighted by Crippen LogP contribution is -2.49. The van der Waals surface area contributed by atoms with Gasteiger partial charge in [-0.1, -0.05) is 6.07 Å². The van der Waals surface area contributed by atoms with Gasteiger partial charge in [-0.15, -0.1) is 0 Å². The highest BCUT2D eigenvalue weighted by molar-refractivity contribution is 5.71. The Kier molecular flexibility index (Phi) is 3.49. The van der Waals surface area contributed by atoms with Gasteiger partial charge < -0.3 is 5.11 Å². The Morgan fingerprint density at radius 2 is 2.00 bits per heavy atom. The lowest BCUT2D eigenvalue weighted by atomic mass is 9.98. The number of likely N-dealkylation sites (tertiary alicyclic amines) is 1. The van der Waals surface area contributed by atoms with E-state index in [0.717, 1.165) is 12.1 Å². The molecule has 0 aliphatic carbocycles. The van der Waals surface area contributed by atoms with Crippen molar-refractivity contribution >= 4 is 5.97 Å². The lowest BCUT2D eigenvalue weighted by molar-refractivity contribution is -0.148. The van der Waals surface area contributed by atoms with Crippen molar-refractivity contribution in [3.8, 4) is 0 Å². The van der Waals surface area contributed by atoms with Crippen molar-refractivity contribution in [3.63, 3.8) is 0 Å². The third-order valence-electron chi connectivity index (χ3n) is 3.08. The third-order valence-corrected chi connectivity index (χ3v) is 3.08. The van der Waals surface area contributed by atoms with E-state index in [1.54, 1.807) is 4.90 Å². The van der Waals surface area contributed by atoms with Crippen LogP contribution in [-0.4, -0.2) is 29.1 Å². The summed E-state index contributed by atoms with van der Waals surface area (Å²) in [6.07, 6.45) is -4.62.